The van der Waals surface area contributed by atoms with Crippen LogP contribution in [0.15, 0.2) is 67.0 Å². The summed E-state index contributed by atoms with van der Waals surface area (Å²) in [7, 11) is 0. The Morgan fingerprint density at radius 3 is 2.38 bits per heavy atom. The fourth-order valence-corrected chi connectivity index (χ4v) is 3.38. The van der Waals surface area contributed by atoms with Gasteiger partial charge in [0.15, 0.2) is 0 Å². The van der Waals surface area contributed by atoms with E-state index in [9.17, 15) is 4.39 Å². The zero-order valence-electron chi connectivity index (χ0n) is 14.0. The third kappa shape index (κ3) is 3.97. The minimum Gasteiger partial charge on any atom is -0.371 e. The number of halogens is 1. The maximum Gasteiger partial charge on any atom is 0.147 e. The summed E-state index contributed by atoms with van der Waals surface area (Å²) in [6, 6.07) is 16.6. The molecule has 1 saturated carbocycles. The molecule has 3 heteroatoms. The van der Waals surface area contributed by atoms with Crippen molar-refractivity contribution in [1.29, 1.82) is 0 Å². The van der Waals surface area contributed by atoms with Crippen LogP contribution in [0.5, 0.6) is 0 Å². The molecule has 126 valence electrons. The van der Waals surface area contributed by atoms with Gasteiger partial charge >= 0.3 is 0 Å². The van der Waals surface area contributed by atoms with E-state index in [2.05, 4.69) is 11.9 Å². The van der Waals surface area contributed by atoms with Crippen LogP contribution in [0.3, 0.4) is 0 Å². The van der Waals surface area contributed by atoms with Gasteiger partial charge in [-0.1, -0.05) is 56.2 Å². The van der Waals surface area contributed by atoms with E-state index in [-0.39, 0.29) is 5.82 Å². The van der Waals surface area contributed by atoms with Crippen LogP contribution in [0, 0.1) is 11.7 Å². The Kier molecular flexibility index (Phi) is 5.52. The smallest absolute Gasteiger partial charge is 0.147 e. The first-order valence-electron chi connectivity index (χ1n) is 8.78. The van der Waals surface area contributed by atoms with Crippen LogP contribution in [-0.2, 0) is 0 Å². The van der Waals surface area contributed by atoms with E-state index in [1.165, 1.54) is 38.2 Å². The molecule has 1 aliphatic rings. The van der Waals surface area contributed by atoms with Gasteiger partial charge in [0.2, 0.25) is 0 Å². The van der Waals surface area contributed by atoms with Crippen molar-refractivity contribution in [3.63, 3.8) is 0 Å². The van der Waals surface area contributed by atoms with Gasteiger partial charge in [-0.2, -0.15) is 0 Å². The Balaban J connectivity index is 1.79. The third-order valence-corrected chi connectivity index (χ3v) is 4.70. The summed E-state index contributed by atoms with van der Waals surface area (Å²) in [5.74, 6) is 1.16. The highest BCUT2D eigenvalue weighted by atomic mass is 19.1. The van der Waals surface area contributed by atoms with E-state index in [1.807, 2.05) is 41.3 Å². The molecule has 1 aliphatic carbocycles. The standard InChI is InChI=1S/C21H25FN2/c1-17(23-16-18-10-4-2-5-11-18)24(19-12-6-3-7-13-19)21-15-9-8-14-20(21)22/h3,6-9,12-15,18,23H,1-2,4-5,10-11,16H2. The number of hydrogen-bond donors (Lipinski definition) is 1. The van der Waals surface area contributed by atoms with Crippen LogP contribution in [0.1, 0.15) is 32.1 Å². The van der Waals surface area contributed by atoms with Gasteiger partial charge in [0.25, 0.3) is 0 Å². The average molecular weight is 324 g/mol. The van der Waals surface area contributed by atoms with Crippen molar-refractivity contribution >= 4 is 11.4 Å². The second kappa shape index (κ2) is 8.00. The van der Waals surface area contributed by atoms with Gasteiger partial charge in [0.05, 0.1) is 5.69 Å². The minimum atomic E-state index is -0.248. The summed E-state index contributed by atoms with van der Waals surface area (Å²) in [4.78, 5) is 1.86. The number of hydrogen-bond acceptors (Lipinski definition) is 2. The van der Waals surface area contributed by atoms with Crippen LogP contribution in [0.2, 0.25) is 0 Å². The molecule has 0 radical (unpaired) electrons. The third-order valence-electron chi connectivity index (χ3n) is 4.70. The molecule has 1 fully saturated rings. The number of anilines is 2. The van der Waals surface area contributed by atoms with Crippen LogP contribution in [0.4, 0.5) is 15.8 Å². The van der Waals surface area contributed by atoms with E-state index in [0.717, 1.165) is 18.1 Å². The predicted octanol–water partition coefficient (Wildman–Crippen LogP) is 5.60. The van der Waals surface area contributed by atoms with Gasteiger partial charge in [-0.15, -0.1) is 0 Å². The maximum absolute atomic E-state index is 14.4. The highest BCUT2D eigenvalue weighted by Crippen LogP contribution is 2.30. The molecule has 3 rings (SSSR count). The first-order chi connectivity index (χ1) is 11.8. The molecule has 2 aromatic rings. The molecule has 0 saturated heterocycles. The number of rotatable bonds is 6. The van der Waals surface area contributed by atoms with Gasteiger partial charge in [0, 0.05) is 12.2 Å². The first kappa shape index (κ1) is 16.6. The van der Waals surface area contributed by atoms with Crippen LogP contribution in [0.25, 0.3) is 0 Å². The molecule has 0 heterocycles. The Morgan fingerprint density at radius 2 is 1.67 bits per heavy atom. The predicted molar refractivity (Wildman–Crippen MR) is 98.7 cm³/mol. The summed E-state index contributed by atoms with van der Waals surface area (Å²) in [5.41, 5.74) is 1.42. The lowest BCUT2D eigenvalue weighted by Crippen LogP contribution is -2.32. The van der Waals surface area contributed by atoms with Crippen molar-refractivity contribution in [3.05, 3.63) is 72.8 Å². The average Bonchev–Trinajstić information content (AvgIpc) is 2.64. The summed E-state index contributed by atoms with van der Waals surface area (Å²) < 4.78 is 14.4. The molecular formula is C21H25FN2. The Hall–Kier alpha value is -2.29. The minimum absolute atomic E-state index is 0.248. The van der Waals surface area contributed by atoms with Gasteiger partial charge in [-0.05, 0) is 43.0 Å². The van der Waals surface area contributed by atoms with Gasteiger partial charge in [-0.25, -0.2) is 4.39 Å². The summed E-state index contributed by atoms with van der Waals surface area (Å²) in [5, 5.41) is 3.44. The number of benzene rings is 2. The fourth-order valence-electron chi connectivity index (χ4n) is 3.38. The topological polar surface area (TPSA) is 15.3 Å². The lowest BCUT2D eigenvalue weighted by atomic mass is 9.89. The molecule has 24 heavy (non-hydrogen) atoms. The Morgan fingerprint density at radius 1 is 1.00 bits per heavy atom. The number of para-hydroxylation sites is 2. The number of nitrogens with one attached hydrogen (secondary N) is 1. The molecule has 0 unspecified atom stereocenters. The van der Waals surface area contributed by atoms with E-state index in [4.69, 9.17) is 0 Å². The van der Waals surface area contributed by atoms with Crippen LogP contribution in [-0.4, -0.2) is 6.54 Å². The molecule has 1 N–H and O–H groups in total. The van der Waals surface area contributed by atoms with Gasteiger partial charge in [0.1, 0.15) is 11.6 Å². The quantitative estimate of drug-likeness (QED) is 0.743. The van der Waals surface area contributed by atoms with Crippen molar-refractivity contribution in [1.82, 2.24) is 5.32 Å². The molecule has 2 nitrogen and oxygen atoms in total. The van der Waals surface area contributed by atoms with Crippen LogP contribution >= 0.6 is 0 Å². The van der Waals surface area contributed by atoms with Crippen LogP contribution < -0.4 is 10.2 Å². The number of nitrogens with zero attached hydrogens (tertiary/aromatic N) is 1. The van der Waals surface area contributed by atoms with Gasteiger partial charge in [-0.3, -0.25) is 4.90 Å². The molecule has 2 aromatic carbocycles. The van der Waals surface area contributed by atoms with E-state index < -0.39 is 0 Å². The largest absolute Gasteiger partial charge is 0.371 e. The molecule has 0 aliphatic heterocycles. The van der Waals surface area contributed by atoms with Crippen molar-refractivity contribution in [2.24, 2.45) is 5.92 Å². The normalized spacial score (nSPS) is 15.0. The lowest BCUT2D eigenvalue weighted by molar-refractivity contribution is 0.350. The van der Waals surface area contributed by atoms with E-state index in [1.54, 1.807) is 12.1 Å². The van der Waals surface area contributed by atoms with Gasteiger partial charge < -0.3 is 5.32 Å². The van der Waals surface area contributed by atoms with E-state index in [0.29, 0.717) is 11.6 Å². The van der Waals surface area contributed by atoms with Crippen molar-refractivity contribution in [3.8, 4) is 0 Å². The second-order valence-corrected chi connectivity index (χ2v) is 6.45. The van der Waals surface area contributed by atoms with Crippen molar-refractivity contribution in [2.45, 2.75) is 32.1 Å². The second-order valence-electron chi connectivity index (χ2n) is 6.45. The first-order valence-corrected chi connectivity index (χ1v) is 8.78. The highest BCUT2D eigenvalue weighted by Gasteiger charge is 2.18. The maximum atomic E-state index is 14.4. The van der Waals surface area contributed by atoms with E-state index >= 15 is 0 Å². The molecule has 0 amide bonds. The lowest BCUT2D eigenvalue weighted by Gasteiger charge is -2.30. The Bertz CT molecular complexity index is 663. The molecule has 0 aromatic heterocycles. The molecule has 0 atom stereocenters. The summed E-state index contributed by atoms with van der Waals surface area (Å²) >= 11 is 0. The molecular weight excluding hydrogens is 299 g/mol. The zero-order valence-corrected chi connectivity index (χ0v) is 14.0. The SMILES string of the molecule is C=C(NCC1CCCCC1)N(c1ccccc1)c1ccccc1F. The summed E-state index contributed by atoms with van der Waals surface area (Å²) in [6.45, 7) is 5.08. The molecule has 0 spiro atoms. The monoisotopic (exact) mass is 324 g/mol. The molecule has 0 bridgehead atoms. The fraction of sp³-hybridized carbons (Fsp3) is 0.333. The van der Waals surface area contributed by atoms with Crippen molar-refractivity contribution < 1.29 is 4.39 Å². The van der Waals surface area contributed by atoms with Crippen molar-refractivity contribution in [2.75, 3.05) is 11.4 Å². The Labute approximate surface area is 144 Å². The summed E-state index contributed by atoms with van der Waals surface area (Å²) in [6.07, 6.45) is 6.52. The highest BCUT2D eigenvalue weighted by molar-refractivity contribution is 5.68. The zero-order chi connectivity index (χ0) is 16.8.